The van der Waals surface area contributed by atoms with Gasteiger partial charge in [0, 0.05) is 12.7 Å². The Morgan fingerprint density at radius 1 is 1.06 bits per heavy atom. The molecule has 0 saturated heterocycles. The predicted molar refractivity (Wildman–Crippen MR) is 62.9 cm³/mol. The zero-order chi connectivity index (χ0) is 11.2. The largest absolute Gasteiger partial charge is 0.487 e. The highest BCUT2D eigenvalue weighted by Crippen LogP contribution is 2.10. The SMILES string of the molecule is NCc1ccc(COc2cccnc2)cc1. The second-order valence-corrected chi connectivity index (χ2v) is 3.50. The monoisotopic (exact) mass is 214 g/mol. The van der Waals surface area contributed by atoms with Crippen molar-refractivity contribution in [2.75, 3.05) is 0 Å². The Hall–Kier alpha value is -1.87. The Balaban J connectivity index is 1.94. The van der Waals surface area contributed by atoms with Gasteiger partial charge in [-0.15, -0.1) is 0 Å². The van der Waals surface area contributed by atoms with Crippen LogP contribution in [0.2, 0.25) is 0 Å². The van der Waals surface area contributed by atoms with Gasteiger partial charge < -0.3 is 10.5 Å². The standard InChI is InChI=1S/C13H14N2O/c14-8-11-3-5-12(6-4-11)10-16-13-2-1-7-15-9-13/h1-7,9H,8,10,14H2. The fourth-order valence-electron chi connectivity index (χ4n) is 1.37. The first-order chi connectivity index (χ1) is 7.88. The van der Waals surface area contributed by atoms with Gasteiger partial charge in [-0.2, -0.15) is 0 Å². The van der Waals surface area contributed by atoms with E-state index >= 15 is 0 Å². The van der Waals surface area contributed by atoms with Crippen molar-refractivity contribution in [3.05, 3.63) is 59.9 Å². The highest BCUT2D eigenvalue weighted by Gasteiger charge is 1.95. The molecular formula is C13H14N2O. The fourth-order valence-corrected chi connectivity index (χ4v) is 1.37. The summed E-state index contributed by atoms with van der Waals surface area (Å²) in [5.74, 6) is 0.783. The van der Waals surface area contributed by atoms with Crippen molar-refractivity contribution in [2.24, 2.45) is 5.73 Å². The predicted octanol–water partition coefficient (Wildman–Crippen LogP) is 2.12. The Labute approximate surface area is 94.9 Å². The molecule has 82 valence electrons. The maximum absolute atomic E-state index is 5.57. The number of nitrogens with two attached hydrogens (primary N) is 1. The molecule has 2 rings (SSSR count). The third-order valence-electron chi connectivity index (χ3n) is 2.30. The second kappa shape index (κ2) is 5.28. The smallest absolute Gasteiger partial charge is 0.138 e. The first-order valence-corrected chi connectivity index (χ1v) is 5.19. The molecule has 3 heteroatoms. The van der Waals surface area contributed by atoms with E-state index in [1.165, 1.54) is 0 Å². The van der Waals surface area contributed by atoms with Crippen LogP contribution in [0.25, 0.3) is 0 Å². The van der Waals surface area contributed by atoms with Gasteiger partial charge in [-0.3, -0.25) is 4.98 Å². The Morgan fingerprint density at radius 2 is 1.81 bits per heavy atom. The molecule has 0 spiro atoms. The molecule has 0 bridgehead atoms. The van der Waals surface area contributed by atoms with Gasteiger partial charge in [0.25, 0.3) is 0 Å². The maximum atomic E-state index is 5.57. The topological polar surface area (TPSA) is 48.1 Å². The van der Waals surface area contributed by atoms with Crippen LogP contribution in [0.1, 0.15) is 11.1 Å². The van der Waals surface area contributed by atoms with Crippen molar-refractivity contribution in [3.63, 3.8) is 0 Å². The maximum Gasteiger partial charge on any atom is 0.138 e. The summed E-state index contributed by atoms with van der Waals surface area (Å²) in [7, 11) is 0. The molecule has 0 radical (unpaired) electrons. The Bertz CT molecular complexity index is 425. The van der Waals surface area contributed by atoms with Gasteiger partial charge in [0.15, 0.2) is 0 Å². The lowest BCUT2D eigenvalue weighted by atomic mass is 10.1. The minimum atomic E-state index is 0.552. The zero-order valence-electron chi connectivity index (χ0n) is 8.97. The first-order valence-electron chi connectivity index (χ1n) is 5.19. The lowest BCUT2D eigenvalue weighted by molar-refractivity contribution is 0.305. The Morgan fingerprint density at radius 3 is 2.44 bits per heavy atom. The number of pyridine rings is 1. The van der Waals surface area contributed by atoms with Gasteiger partial charge in [-0.25, -0.2) is 0 Å². The summed E-state index contributed by atoms with van der Waals surface area (Å²) in [6, 6.07) is 11.8. The molecule has 0 aliphatic carbocycles. The highest BCUT2D eigenvalue weighted by atomic mass is 16.5. The molecule has 0 fully saturated rings. The minimum absolute atomic E-state index is 0.552. The molecular weight excluding hydrogens is 200 g/mol. The van der Waals surface area contributed by atoms with Crippen LogP contribution in [-0.4, -0.2) is 4.98 Å². The molecule has 3 nitrogen and oxygen atoms in total. The zero-order valence-corrected chi connectivity index (χ0v) is 8.97. The van der Waals surface area contributed by atoms with Gasteiger partial charge in [0.05, 0.1) is 6.20 Å². The number of rotatable bonds is 4. The van der Waals surface area contributed by atoms with E-state index in [4.69, 9.17) is 10.5 Å². The Kier molecular flexibility index (Phi) is 3.51. The molecule has 1 heterocycles. The van der Waals surface area contributed by atoms with Gasteiger partial charge in [-0.1, -0.05) is 24.3 Å². The third kappa shape index (κ3) is 2.81. The van der Waals surface area contributed by atoms with E-state index < -0.39 is 0 Å². The van der Waals surface area contributed by atoms with Crippen LogP contribution in [0, 0.1) is 0 Å². The lowest BCUT2D eigenvalue weighted by Gasteiger charge is -2.06. The summed E-state index contributed by atoms with van der Waals surface area (Å²) in [4.78, 5) is 3.98. The van der Waals surface area contributed by atoms with Crippen LogP contribution < -0.4 is 10.5 Å². The molecule has 16 heavy (non-hydrogen) atoms. The molecule has 0 amide bonds. The van der Waals surface area contributed by atoms with Gasteiger partial charge in [-0.05, 0) is 23.3 Å². The van der Waals surface area contributed by atoms with Crippen LogP contribution >= 0.6 is 0 Å². The molecule has 0 aliphatic rings. The average molecular weight is 214 g/mol. The molecule has 2 aromatic rings. The van der Waals surface area contributed by atoms with E-state index in [2.05, 4.69) is 4.98 Å². The van der Waals surface area contributed by atoms with Crippen LogP contribution in [0.15, 0.2) is 48.8 Å². The van der Waals surface area contributed by atoms with E-state index in [0.717, 1.165) is 16.9 Å². The highest BCUT2D eigenvalue weighted by molar-refractivity contribution is 5.23. The van der Waals surface area contributed by atoms with E-state index in [1.807, 2.05) is 36.4 Å². The fraction of sp³-hybridized carbons (Fsp3) is 0.154. The first kappa shape index (κ1) is 10.6. The lowest BCUT2D eigenvalue weighted by Crippen LogP contribution is -1.98. The number of benzene rings is 1. The van der Waals surface area contributed by atoms with Crippen molar-refractivity contribution in [2.45, 2.75) is 13.2 Å². The van der Waals surface area contributed by atoms with Crippen LogP contribution in [-0.2, 0) is 13.2 Å². The molecule has 0 aliphatic heterocycles. The van der Waals surface area contributed by atoms with E-state index in [0.29, 0.717) is 13.2 Å². The molecule has 0 unspecified atom stereocenters. The summed E-state index contributed by atoms with van der Waals surface area (Å²) in [5, 5.41) is 0. The van der Waals surface area contributed by atoms with Crippen LogP contribution in [0.5, 0.6) is 5.75 Å². The van der Waals surface area contributed by atoms with Crippen molar-refractivity contribution in [1.29, 1.82) is 0 Å². The summed E-state index contributed by atoms with van der Waals surface area (Å²) >= 11 is 0. The van der Waals surface area contributed by atoms with Gasteiger partial charge in [0.2, 0.25) is 0 Å². The third-order valence-corrected chi connectivity index (χ3v) is 2.30. The summed E-state index contributed by atoms with van der Waals surface area (Å²) < 4.78 is 5.57. The summed E-state index contributed by atoms with van der Waals surface area (Å²) in [5.41, 5.74) is 7.78. The number of hydrogen-bond donors (Lipinski definition) is 1. The van der Waals surface area contributed by atoms with Crippen LogP contribution in [0.3, 0.4) is 0 Å². The van der Waals surface area contributed by atoms with Crippen molar-refractivity contribution in [1.82, 2.24) is 4.98 Å². The molecule has 1 aromatic heterocycles. The molecule has 0 atom stereocenters. The summed E-state index contributed by atoms with van der Waals surface area (Å²) in [6.45, 7) is 1.13. The van der Waals surface area contributed by atoms with E-state index in [-0.39, 0.29) is 0 Å². The molecule has 1 aromatic carbocycles. The number of aromatic nitrogens is 1. The number of ether oxygens (including phenoxy) is 1. The van der Waals surface area contributed by atoms with Gasteiger partial charge >= 0.3 is 0 Å². The van der Waals surface area contributed by atoms with E-state index in [1.54, 1.807) is 12.4 Å². The molecule has 2 N–H and O–H groups in total. The van der Waals surface area contributed by atoms with Crippen molar-refractivity contribution < 1.29 is 4.74 Å². The van der Waals surface area contributed by atoms with Crippen molar-refractivity contribution >= 4 is 0 Å². The average Bonchev–Trinajstić information content (AvgIpc) is 2.38. The van der Waals surface area contributed by atoms with Crippen LogP contribution in [0.4, 0.5) is 0 Å². The second-order valence-electron chi connectivity index (χ2n) is 3.50. The quantitative estimate of drug-likeness (QED) is 0.848. The molecule has 0 saturated carbocycles. The number of nitrogens with zero attached hydrogens (tertiary/aromatic N) is 1. The summed E-state index contributed by atoms with van der Waals surface area (Å²) in [6.07, 6.45) is 3.43. The van der Waals surface area contributed by atoms with Gasteiger partial charge in [0.1, 0.15) is 12.4 Å². The van der Waals surface area contributed by atoms with Crippen molar-refractivity contribution in [3.8, 4) is 5.75 Å². The minimum Gasteiger partial charge on any atom is -0.487 e. The number of hydrogen-bond acceptors (Lipinski definition) is 3. The van der Waals surface area contributed by atoms with E-state index in [9.17, 15) is 0 Å². The normalized spacial score (nSPS) is 10.1.